The number of halogens is 1. The summed E-state index contributed by atoms with van der Waals surface area (Å²) in [7, 11) is 0. The molecule has 0 spiro atoms. The fourth-order valence-electron chi connectivity index (χ4n) is 3.56. The van der Waals surface area contributed by atoms with Crippen LogP contribution in [-0.2, 0) is 11.3 Å². The molecular weight excluding hydrogens is 406 g/mol. The number of nitrogens with zero attached hydrogens (tertiary/aromatic N) is 2. The van der Waals surface area contributed by atoms with E-state index in [-0.39, 0.29) is 5.57 Å². The molecule has 0 bridgehead atoms. The Morgan fingerprint density at radius 2 is 1.84 bits per heavy atom. The summed E-state index contributed by atoms with van der Waals surface area (Å²) in [5.41, 5.74) is 4.54. The minimum Gasteiger partial charge on any atom is -0.342 e. The van der Waals surface area contributed by atoms with Gasteiger partial charge in [0.2, 0.25) is 0 Å². The summed E-state index contributed by atoms with van der Waals surface area (Å²) in [4.78, 5) is 12.8. The predicted octanol–water partition coefficient (Wildman–Crippen LogP) is 6.20. The van der Waals surface area contributed by atoms with Crippen LogP contribution in [0.2, 0.25) is 5.02 Å². The standard InChI is InChI=1S/C26H20ClN3O/c1-18-13-22(27)11-12-24(18)29-26(31)20(15-28)14-21-17-30(16-19-7-3-2-4-8-19)25-10-6-5-9-23(21)25/h2-14,17H,16H2,1H3,(H,29,31)/b20-14+. The summed E-state index contributed by atoms with van der Waals surface area (Å²) in [6, 6.07) is 25.4. The van der Waals surface area contributed by atoms with Crippen molar-refractivity contribution in [3.8, 4) is 6.07 Å². The molecule has 4 rings (SSSR count). The lowest BCUT2D eigenvalue weighted by Crippen LogP contribution is -2.14. The number of hydrogen-bond donors (Lipinski definition) is 1. The van der Waals surface area contributed by atoms with Crippen LogP contribution in [0.15, 0.2) is 84.6 Å². The number of rotatable bonds is 5. The van der Waals surface area contributed by atoms with Crippen molar-refractivity contribution in [2.45, 2.75) is 13.5 Å². The first-order valence-corrected chi connectivity index (χ1v) is 10.2. The van der Waals surface area contributed by atoms with Crippen molar-refractivity contribution in [1.82, 2.24) is 4.57 Å². The third-order valence-electron chi connectivity index (χ3n) is 5.12. The second-order valence-electron chi connectivity index (χ2n) is 7.30. The fraction of sp³-hybridized carbons (Fsp3) is 0.0769. The highest BCUT2D eigenvalue weighted by atomic mass is 35.5. The van der Waals surface area contributed by atoms with Crippen molar-refractivity contribution in [3.05, 3.63) is 106 Å². The van der Waals surface area contributed by atoms with Crippen molar-refractivity contribution >= 4 is 40.2 Å². The molecule has 0 aliphatic rings. The van der Waals surface area contributed by atoms with Gasteiger partial charge in [-0.2, -0.15) is 5.26 Å². The molecule has 0 unspecified atom stereocenters. The van der Waals surface area contributed by atoms with E-state index in [1.54, 1.807) is 24.3 Å². The molecule has 0 aliphatic carbocycles. The second-order valence-corrected chi connectivity index (χ2v) is 7.73. The van der Waals surface area contributed by atoms with Crippen LogP contribution in [0.1, 0.15) is 16.7 Å². The summed E-state index contributed by atoms with van der Waals surface area (Å²) >= 11 is 5.99. The number of carbonyl (C=O) groups is 1. The molecule has 5 heteroatoms. The van der Waals surface area contributed by atoms with Crippen molar-refractivity contribution < 1.29 is 4.79 Å². The maximum absolute atomic E-state index is 12.8. The minimum atomic E-state index is -0.451. The Hall–Kier alpha value is -3.81. The van der Waals surface area contributed by atoms with Gasteiger partial charge in [-0.1, -0.05) is 60.1 Å². The lowest BCUT2D eigenvalue weighted by atomic mass is 10.1. The average Bonchev–Trinajstić information content (AvgIpc) is 3.12. The summed E-state index contributed by atoms with van der Waals surface area (Å²) in [5, 5.41) is 14.0. The molecule has 0 radical (unpaired) electrons. The molecule has 0 atom stereocenters. The Kier molecular flexibility index (Phi) is 5.88. The highest BCUT2D eigenvalue weighted by Crippen LogP contribution is 2.25. The molecule has 0 aliphatic heterocycles. The highest BCUT2D eigenvalue weighted by Gasteiger charge is 2.14. The molecule has 0 saturated heterocycles. The lowest BCUT2D eigenvalue weighted by Gasteiger charge is -2.08. The smallest absolute Gasteiger partial charge is 0.266 e. The lowest BCUT2D eigenvalue weighted by molar-refractivity contribution is -0.112. The van der Waals surface area contributed by atoms with Gasteiger partial charge in [0.05, 0.1) is 0 Å². The van der Waals surface area contributed by atoms with E-state index in [2.05, 4.69) is 22.0 Å². The van der Waals surface area contributed by atoms with Gasteiger partial charge in [0.15, 0.2) is 0 Å². The molecule has 1 aromatic heterocycles. The molecule has 0 saturated carbocycles. The Morgan fingerprint density at radius 3 is 2.58 bits per heavy atom. The maximum Gasteiger partial charge on any atom is 0.266 e. The van der Waals surface area contributed by atoms with Gasteiger partial charge in [-0.05, 0) is 48.4 Å². The van der Waals surface area contributed by atoms with Gasteiger partial charge in [0.1, 0.15) is 11.6 Å². The first kappa shape index (κ1) is 20.5. The number of anilines is 1. The highest BCUT2D eigenvalue weighted by molar-refractivity contribution is 6.30. The Labute approximate surface area is 186 Å². The monoisotopic (exact) mass is 425 g/mol. The van der Waals surface area contributed by atoms with Crippen LogP contribution < -0.4 is 5.32 Å². The number of nitriles is 1. The topological polar surface area (TPSA) is 57.8 Å². The third-order valence-corrected chi connectivity index (χ3v) is 5.35. The summed E-state index contributed by atoms with van der Waals surface area (Å²) in [5.74, 6) is -0.451. The van der Waals surface area contributed by atoms with Crippen molar-refractivity contribution in [1.29, 1.82) is 5.26 Å². The molecule has 3 aromatic carbocycles. The fourth-order valence-corrected chi connectivity index (χ4v) is 3.79. The van der Waals surface area contributed by atoms with Crippen molar-refractivity contribution in [2.24, 2.45) is 0 Å². The largest absolute Gasteiger partial charge is 0.342 e. The zero-order valence-electron chi connectivity index (χ0n) is 17.0. The number of aryl methyl sites for hydroxylation is 1. The zero-order valence-corrected chi connectivity index (χ0v) is 17.7. The van der Waals surface area contributed by atoms with Gasteiger partial charge in [-0.3, -0.25) is 4.79 Å². The molecule has 1 heterocycles. The van der Waals surface area contributed by atoms with Crippen LogP contribution in [0, 0.1) is 18.3 Å². The molecular formula is C26H20ClN3O. The normalized spacial score (nSPS) is 11.3. The number of aromatic nitrogens is 1. The van der Waals surface area contributed by atoms with Crippen molar-refractivity contribution in [3.63, 3.8) is 0 Å². The number of carbonyl (C=O) groups excluding carboxylic acids is 1. The zero-order chi connectivity index (χ0) is 21.8. The number of amides is 1. The van der Waals surface area contributed by atoms with E-state index in [9.17, 15) is 10.1 Å². The Morgan fingerprint density at radius 1 is 1.10 bits per heavy atom. The number of nitrogens with one attached hydrogen (secondary N) is 1. The average molecular weight is 426 g/mol. The summed E-state index contributed by atoms with van der Waals surface area (Å²) in [6.07, 6.45) is 3.63. The van der Waals surface area contributed by atoms with Gasteiger partial charge >= 0.3 is 0 Å². The molecule has 0 fully saturated rings. The number of benzene rings is 3. The SMILES string of the molecule is Cc1cc(Cl)ccc1NC(=O)/C(C#N)=C/c1cn(Cc2ccccc2)c2ccccc12. The quantitative estimate of drug-likeness (QED) is 0.306. The van der Waals surface area contributed by atoms with Gasteiger partial charge in [-0.15, -0.1) is 0 Å². The third kappa shape index (κ3) is 4.53. The van der Waals surface area contributed by atoms with E-state index in [0.717, 1.165) is 22.0 Å². The molecule has 1 N–H and O–H groups in total. The Bertz CT molecular complexity index is 1330. The molecule has 4 nitrogen and oxygen atoms in total. The molecule has 4 aromatic rings. The Balaban J connectivity index is 1.68. The van der Waals surface area contributed by atoms with E-state index in [4.69, 9.17) is 11.6 Å². The minimum absolute atomic E-state index is 0.0389. The van der Waals surface area contributed by atoms with E-state index in [1.165, 1.54) is 5.56 Å². The van der Waals surface area contributed by atoms with Crippen LogP contribution in [0.3, 0.4) is 0 Å². The first-order valence-electron chi connectivity index (χ1n) is 9.86. The molecule has 1 amide bonds. The van der Waals surface area contributed by atoms with Gasteiger partial charge < -0.3 is 9.88 Å². The van der Waals surface area contributed by atoms with Crippen LogP contribution >= 0.6 is 11.6 Å². The van der Waals surface area contributed by atoms with E-state index >= 15 is 0 Å². The first-order chi connectivity index (χ1) is 15.0. The van der Waals surface area contributed by atoms with Crippen LogP contribution in [0.4, 0.5) is 5.69 Å². The van der Waals surface area contributed by atoms with E-state index in [1.807, 2.05) is 61.7 Å². The predicted molar refractivity (Wildman–Crippen MR) is 126 cm³/mol. The summed E-state index contributed by atoms with van der Waals surface area (Å²) < 4.78 is 2.13. The van der Waals surface area contributed by atoms with Gasteiger partial charge in [0.25, 0.3) is 5.91 Å². The van der Waals surface area contributed by atoms with E-state index in [0.29, 0.717) is 17.3 Å². The molecule has 152 valence electrons. The van der Waals surface area contributed by atoms with Gasteiger partial charge in [0, 0.05) is 39.9 Å². The number of para-hydroxylation sites is 1. The molecule has 31 heavy (non-hydrogen) atoms. The van der Waals surface area contributed by atoms with Crippen LogP contribution in [-0.4, -0.2) is 10.5 Å². The van der Waals surface area contributed by atoms with Crippen LogP contribution in [0.5, 0.6) is 0 Å². The van der Waals surface area contributed by atoms with Gasteiger partial charge in [-0.25, -0.2) is 0 Å². The number of hydrogen-bond acceptors (Lipinski definition) is 2. The second kappa shape index (κ2) is 8.91. The van der Waals surface area contributed by atoms with Crippen LogP contribution in [0.25, 0.3) is 17.0 Å². The van der Waals surface area contributed by atoms with Crippen molar-refractivity contribution in [2.75, 3.05) is 5.32 Å². The maximum atomic E-state index is 12.8. The van der Waals surface area contributed by atoms with E-state index < -0.39 is 5.91 Å². The summed E-state index contributed by atoms with van der Waals surface area (Å²) in [6.45, 7) is 2.56. The number of fused-ring (bicyclic) bond motifs is 1.